The number of unbranched alkanes of at least 4 members (excludes halogenated alkanes) is 4. The number of ether oxygens (including phenoxy) is 1. The molecule has 0 aromatic carbocycles. The Morgan fingerprint density at radius 2 is 1.36 bits per heavy atom. The van der Waals surface area contributed by atoms with Crippen molar-refractivity contribution in [3.8, 4) is 0 Å². The maximum absolute atomic E-state index is 13.2. The second-order valence-corrected chi connectivity index (χ2v) is 12.1. The predicted octanol–water partition coefficient (Wildman–Crippen LogP) is 1.71. The highest BCUT2D eigenvalue weighted by Gasteiger charge is 2.33. The number of carbonyl (C=O) groups excluding carboxylic acids is 6. The Bertz CT molecular complexity index is 939. The van der Waals surface area contributed by atoms with E-state index in [0.29, 0.717) is 12.8 Å². The van der Waals surface area contributed by atoms with Gasteiger partial charge < -0.3 is 31.3 Å². The fraction of sp³-hybridized carbons (Fsp3) is 0.800. The minimum atomic E-state index is -1.04. The SMILES string of the molecule is CCCCCCC[C@H]1OC(=O)[C@H](C)NC(=O)[C@H](C)NC(=O)[C@H](CC(C)C)NC(=O)[C@H](C(C)C)NC(=O)CNC(=O)[C@@H]1C. The molecule has 6 atom stereocenters. The summed E-state index contributed by atoms with van der Waals surface area (Å²) in [5, 5.41) is 13.1. The summed E-state index contributed by atoms with van der Waals surface area (Å²) in [7, 11) is 0. The molecule has 5 amide bonds. The molecule has 1 fully saturated rings. The van der Waals surface area contributed by atoms with Gasteiger partial charge in [-0.1, -0.05) is 67.2 Å². The van der Waals surface area contributed by atoms with Crippen LogP contribution >= 0.6 is 0 Å². The van der Waals surface area contributed by atoms with Crippen LogP contribution in [0.5, 0.6) is 0 Å². The van der Waals surface area contributed by atoms with Crippen LogP contribution in [0, 0.1) is 17.8 Å². The Balaban J connectivity index is 3.27. The van der Waals surface area contributed by atoms with E-state index in [0.717, 1.165) is 32.1 Å². The predicted molar refractivity (Wildman–Crippen MR) is 159 cm³/mol. The molecule has 1 heterocycles. The van der Waals surface area contributed by atoms with Gasteiger partial charge in [0.2, 0.25) is 29.5 Å². The van der Waals surface area contributed by atoms with Crippen molar-refractivity contribution >= 4 is 35.5 Å². The maximum Gasteiger partial charge on any atom is 0.328 e. The van der Waals surface area contributed by atoms with E-state index in [1.807, 2.05) is 13.8 Å². The van der Waals surface area contributed by atoms with Gasteiger partial charge in [0.1, 0.15) is 30.3 Å². The molecule has 12 nitrogen and oxygen atoms in total. The number of rotatable bonds is 9. The van der Waals surface area contributed by atoms with E-state index in [1.54, 1.807) is 20.8 Å². The molecule has 0 spiro atoms. The molecule has 1 aliphatic heterocycles. The molecule has 0 aliphatic carbocycles. The number of hydrogen-bond donors (Lipinski definition) is 5. The summed E-state index contributed by atoms with van der Waals surface area (Å²) in [5.41, 5.74) is 0. The van der Waals surface area contributed by atoms with E-state index in [1.165, 1.54) is 13.8 Å². The second kappa shape index (κ2) is 18.4. The van der Waals surface area contributed by atoms with E-state index in [2.05, 4.69) is 33.5 Å². The number of carbonyl (C=O) groups is 6. The molecular weight excluding hydrogens is 542 g/mol. The molecule has 0 saturated carbocycles. The summed E-state index contributed by atoms with van der Waals surface area (Å²) < 4.78 is 5.72. The van der Waals surface area contributed by atoms with Crippen molar-refractivity contribution in [2.24, 2.45) is 17.8 Å². The first-order valence-corrected chi connectivity index (χ1v) is 15.4. The van der Waals surface area contributed by atoms with Gasteiger partial charge in [0.25, 0.3) is 0 Å². The molecule has 0 unspecified atom stereocenters. The summed E-state index contributed by atoms with van der Waals surface area (Å²) in [6, 6.07) is -3.98. The van der Waals surface area contributed by atoms with Crippen molar-refractivity contribution in [3.05, 3.63) is 0 Å². The molecule has 240 valence electrons. The highest BCUT2D eigenvalue weighted by molar-refractivity contribution is 5.95. The minimum Gasteiger partial charge on any atom is -0.460 e. The molecule has 5 N–H and O–H groups in total. The smallest absolute Gasteiger partial charge is 0.328 e. The Kier molecular flexibility index (Phi) is 16.1. The van der Waals surface area contributed by atoms with Crippen LogP contribution in [0.25, 0.3) is 0 Å². The lowest BCUT2D eigenvalue weighted by atomic mass is 9.97. The Labute approximate surface area is 250 Å². The van der Waals surface area contributed by atoms with E-state index in [-0.39, 0.29) is 18.4 Å². The Morgan fingerprint density at radius 1 is 0.738 bits per heavy atom. The molecule has 42 heavy (non-hydrogen) atoms. The summed E-state index contributed by atoms with van der Waals surface area (Å²) in [5.74, 6) is -4.52. The van der Waals surface area contributed by atoms with Gasteiger partial charge in [-0.15, -0.1) is 0 Å². The lowest BCUT2D eigenvalue weighted by Gasteiger charge is -2.27. The maximum atomic E-state index is 13.2. The van der Waals surface area contributed by atoms with Crippen molar-refractivity contribution in [2.45, 2.75) is 131 Å². The fourth-order valence-corrected chi connectivity index (χ4v) is 4.61. The average Bonchev–Trinajstić information content (AvgIpc) is 2.91. The van der Waals surface area contributed by atoms with E-state index in [4.69, 9.17) is 4.74 Å². The Morgan fingerprint density at radius 3 is 1.95 bits per heavy atom. The molecule has 0 aromatic heterocycles. The third-order valence-electron chi connectivity index (χ3n) is 7.32. The normalized spacial score (nSPS) is 27.6. The number of cyclic esters (lactones) is 1. The second-order valence-electron chi connectivity index (χ2n) is 12.1. The standard InChI is InChI=1S/C30H53N5O7/c1-9-10-11-12-13-14-23-19(6)26(37)31-16-24(36)35-25(18(4)5)29(40)34-22(15-17(2)3)28(39)32-20(7)27(38)33-21(8)30(41)42-23/h17-23,25H,9-16H2,1-8H3,(H,31,37)(H,32,39)(H,33,38)(H,34,40)(H,35,36)/t19-,20+,21+,22+,23-,25+/m1/s1. The van der Waals surface area contributed by atoms with Gasteiger partial charge in [-0.3, -0.25) is 24.0 Å². The van der Waals surface area contributed by atoms with Crippen LogP contribution in [-0.2, 0) is 33.5 Å². The third-order valence-corrected chi connectivity index (χ3v) is 7.32. The zero-order valence-electron chi connectivity index (χ0n) is 26.6. The lowest BCUT2D eigenvalue weighted by Crippen LogP contribution is -2.58. The number of esters is 1. The minimum absolute atomic E-state index is 0.0328. The molecule has 0 bridgehead atoms. The van der Waals surface area contributed by atoms with Crippen LogP contribution in [-0.4, -0.2) is 72.3 Å². The van der Waals surface area contributed by atoms with Crippen molar-refractivity contribution < 1.29 is 33.5 Å². The largest absolute Gasteiger partial charge is 0.460 e. The molecule has 1 saturated heterocycles. The summed E-state index contributed by atoms with van der Waals surface area (Å²) in [6.07, 6.45) is 4.80. The summed E-state index contributed by atoms with van der Waals surface area (Å²) in [6.45, 7) is 13.6. The van der Waals surface area contributed by atoms with Gasteiger partial charge in [0.05, 0.1) is 12.5 Å². The average molecular weight is 596 g/mol. The van der Waals surface area contributed by atoms with Gasteiger partial charge in [-0.2, -0.15) is 0 Å². The van der Waals surface area contributed by atoms with Crippen molar-refractivity contribution in [1.29, 1.82) is 0 Å². The van der Waals surface area contributed by atoms with Gasteiger partial charge in [0, 0.05) is 0 Å². The zero-order chi connectivity index (χ0) is 32.0. The summed E-state index contributed by atoms with van der Waals surface area (Å²) >= 11 is 0. The number of amides is 5. The third kappa shape index (κ3) is 12.8. The first kappa shape index (κ1) is 36.8. The van der Waals surface area contributed by atoms with Crippen LogP contribution in [0.15, 0.2) is 0 Å². The first-order chi connectivity index (χ1) is 19.7. The van der Waals surface area contributed by atoms with Crippen LogP contribution in [0.2, 0.25) is 0 Å². The molecule has 0 radical (unpaired) electrons. The van der Waals surface area contributed by atoms with Crippen LogP contribution < -0.4 is 26.6 Å². The first-order valence-electron chi connectivity index (χ1n) is 15.4. The van der Waals surface area contributed by atoms with E-state index in [9.17, 15) is 28.8 Å². The topological polar surface area (TPSA) is 172 Å². The Hall–Kier alpha value is -3.18. The highest BCUT2D eigenvalue weighted by Crippen LogP contribution is 2.18. The highest BCUT2D eigenvalue weighted by atomic mass is 16.5. The van der Waals surface area contributed by atoms with Crippen molar-refractivity contribution in [2.75, 3.05) is 6.54 Å². The fourth-order valence-electron chi connectivity index (χ4n) is 4.61. The van der Waals surface area contributed by atoms with Crippen molar-refractivity contribution in [3.63, 3.8) is 0 Å². The van der Waals surface area contributed by atoms with Crippen LogP contribution in [0.3, 0.4) is 0 Å². The molecule has 1 aliphatic rings. The van der Waals surface area contributed by atoms with Gasteiger partial charge in [-0.05, 0) is 44.9 Å². The summed E-state index contributed by atoms with van der Waals surface area (Å²) in [4.78, 5) is 77.9. The van der Waals surface area contributed by atoms with Gasteiger partial charge in [0.15, 0.2) is 0 Å². The number of nitrogens with one attached hydrogen (secondary N) is 5. The van der Waals surface area contributed by atoms with E-state index >= 15 is 0 Å². The van der Waals surface area contributed by atoms with Gasteiger partial charge in [-0.25, -0.2) is 4.79 Å². The number of hydrogen-bond acceptors (Lipinski definition) is 7. The molecular formula is C30H53N5O7. The lowest BCUT2D eigenvalue weighted by molar-refractivity contribution is -0.157. The van der Waals surface area contributed by atoms with Crippen LogP contribution in [0.1, 0.15) is 100 Å². The molecule has 12 heteroatoms. The van der Waals surface area contributed by atoms with Gasteiger partial charge >= 0.3 is 5.97 Å². The van der Waals surface area contributed by atoms with Crippen molar-refractivity contribution in [1.82, 2.24) is 26.6 Å². The molecule has 0 aromatic rings. The quantitative estimate of drug-likeness (QED) is 0.199. The molecule has 1 rings (SSSR count). The van der Waals surface area contributed by atoms with Crippen LogP contribution in [0.4, 0.5) is 0 Å². The monoisotopic (exact) mass is 595 g/mol. The zero-order valence-corrected chi connectivity index (χ0v) is 26.6. The van der Waals surface area contributed by atoms with E-state index < -0.39 is 71.7 Å².